The molecule has 0 radical (unpaired) electrons. The van der Waals surface area contributed by atoms with Crippen LogP contribution in [-0.2, 0) is 14.8 Å². The monoisotopic (exact) mass is 477 g/mol. The van der Waals surface area contributed by atoms with Crippen LogP contribution in [0, 0.1) is 0 Å². The highest BCUT2D eigenvalue weighted by atomic mass is 32.2. The van der Waals surface area contributed by atoms with E-state index in [1.807, 2.05) is 6.26 Å². The largest absolute Gasteiger partial charge is 0.507 e. The van der Waals surface area contributed by atoms with E-state index in [-0.39, 0.29) is 28.0 Å². The van der Waals surface area contributed by atoms with Crippen LogP contribution < -0.4 is 4.72 Å². The highest BCUT2D eigenvalue weighted by Gasteiger charge is 2.32. The lowest BCUT2D eigenvalue weighted by molar-refractivity contribution is -0.134. The molecule has 3 rings (SSSR count). The molecule has 1 unspecified atom stereocenters. The minimum Gasteiger partial charge on any atom is -0.507 e. The van der Waals surface area contributed by atoms with E-state index in [2.05, 4.69) is 4.72 Å². The van der Waals surface area contributed by atoms with Gasteiger partial charge in [0, 0.05) is 26.2 Å². The van der Waals surface area contributed by atoms with E-state index in [4.69, 9.17) is 0 Å². The quantitative estimate of drug-likeness (QED) is 0.600. The van der Waals surface area contributed by atoms with Crippen LogP contribution in [-0.4, -0.2) is 79.4 Å². The predicted octanol–water partition coefficient (Wildman–Crippen LogP) is 1.78. The average Bonchev–Trinajstić information content (AvgIpc) is 2.82. The fourth-order valence-electron chi connectivity index (χ4n) is 3.50. The summed E-state index contributed by atoms with van der Waals surface area (Å²) in [7, 11) is -3.84. The summed E-state index contributed by atoms with van der Waals surface area (Å²) in [6, 6.07) is 13.4. The Morgan fingerprint density at radius 3 is 2.22 bits per heavy atom. The molecule has 0 saturated carbocycles. The van der Waals surface area contributed by atoms with Gasteiger partial charge < -0.3 is 14.9 Å². The van der Waals surface area contributed by atoms with Crippen LogP contribution in [0.2, 0.25) is 0 Å². The fourth-order valence-corrected chi connectivity index (χ4v) is 5.21. The molecule has 2 N–H and O–H groups in total. The van der Waals surface area contributed by atoms with E-state index in [1.54, 1.807) is 46.2 Å². The lowest BCUT2D eigenvalue weighted by Crippen LogP contribution is -2.56. The van der Waals surface area contributed by atoms with Crippen molar-refractivity contribution in [1.82, 2.24) is 14.5 Å². The molecule has 1 aliphatic heterocycles. The van der Waals surface area contributed by atoms with E-state index in [0.29, 0.717) is 38.4 Å². The van der Waals surface area contributed by atoms with Gasteiger partial charge in [-0.15, -0.1) is 0 Å². The van der Waals surface area contributed by atoms with Crippen molar-refractivity contribution in [3.63, 3.8) is 0 Å². The molecule has 1 atom stereocenters. The Kier molecular flexibility index (Phi) is 8.16. The highest BCUT2D eigenvalue weighted by molar-refractivity contribution is 7.98. The molecule has 0 aliphatic carbocycles. The van der Waals surface area contributed by atoms with Crippen LogP contribution in [0.3, 0.4) is 0 Å². The van der Waals surface area contributed by atoms with Gasteiger partial charge in [-0.2, -0.15) is 16.5 Å². The average molecular weight is 478 g/mol. The number of phenolic OH excluding ortho intramolecular Hbond substituents is 1. The smallest absolute Gasteiger partial charge is 0.257 e. The van der Waals surface area contributed by atoms with Crippen molar-refractivity contribution in [3.8, 4) is 5.75 Å². The summed E-state index contributed by atoms with van der Waals surface area (Å²) in [4.78, 5) is 29.1. The molecular weight excluding hydrogens is 450 g/mol. The van der Waals surface area contributed by atoms with Gasteiger partial charge in [0.1, 0.15) is 11.8 Å². The van der Waals surface area contributed by atoms with Crippen molar-refractivity contribution < 1.29 is 23.1 Å². The lowest BCUT2D eigenvalue weighted by atomic mass is 10.1. The number of carbonyl (C=O) groups excluding carboxylic acids is 2. The number of phenols is 1. The predicted molar refractivity (Wildman–Crippen MR) is 124 cm³/mol. The van der Waals surface area contributed by atoms with Crippen LogP contribution in [0.25, 0.3) is 0 Å². The SMILES string of the molecule is CSCCC(NS(=O)(=O)c1ccccc1)C(=O)N1CCN(C(=O)c2ccccc2O)CC1. The number of piperazine rings is 1. The highest BCUT2D eigenvalue weighted by Crippen LogP contribution is 2.19. The molecule has 2 aromatic carbocycles. The molecule has 0 bridgehead atoms. The van der Waals surface area contributed by atoms with Crippen molar-refractivity contribution in [2.45, 2.75) is 17.4 Å². The lowest BCUT2D eigenvalue weighted by Gasteiger charge is -2.36. The number of thioether (sulfide) groups is 1. The maximum atomic E-state index is 13.2. The second kappa shape index (κ2) is 10.8. The third kappa shape index (κ3) is 5.81. The third-order valence-electron chi connectivity index (χ3n) is 5.27. The van der Waals surface area contributed by atoms with E-state index < -0.39 is 16.1 Å². The fraction of sp³-hybridized carbons (Fsp3) is 0.364. The summed E-state index contributed by atoms with van der Waals surface area (Å²) in [6.07, 6.45) is 2.26. The first-order valence-corrected chi connectivity index (χ1v) is 13.1. The number of para-hydroxylation sites is 1. The standard InChI is InChI=1S/C22H27N3O5S2/c1-31-16-11-19(23-32(29,30)17-7-3-2-4-8-17)22(28)25-14-12-24(13-15-25)21(27)18-9-5-6-10-20(18)26/h2-10,19,23,26H,11-16H2,1H3. The van der Waals surface area contributed by atoms with Gasteiger partial charge in [0.05, 0.1) is 10.5 Å². The molecule has 1 saturated heterocycles. The minimum atomic E-state index is -3.84. The number of nitrogens with one attached hydrogen (secondary N) is 1. The number of nitrogens with zero attached hydrogens (tertiary/aromatic N) is 2. The molecule has 2 aromatic rings. The number of amides is 2. The van der Waals surface area contributed by atoms with Crippen molar-refractivity contribution in [3.05, 3.63) is 60.2 Å². The molecular formula is C22H27N3O5S2. The number of rotatable bonds is 8. The maximum absolute atomic E-state index is 13.2. The molecule has 8 nitrogen and oxygen atoms in total. The van der Waals surface area contributed by atoms with E-state index in [0.717, 1.165) is 0 Å². The molecule has 0 spiro atoms. The Balaban J connectivity index is 1.66. The summed E-state index contributed by atoms with van der Waals surface area (Å²) in [5, 5.41) is 9.93. The van der Waals surface area contributed by atoms with Crippen LogP contribution in [0.5, 0.6) is 5.75 Å². The van der Waals surface area contributed by atoms with Crippen LogP contribution in [0.4, 0.5) is 0 Å². The molecule has 172 valence electrons. The Morgan fingerprint density at radius 2 is 1.59 bits per heavy atom. The number of hydrogen-bond acceptors (Lipinski definition) is 6. The summed E-state index contributed by atoms with van der Waals surface area (Å²) < 4.78 is 28.1. The van der Waals surface area contributed by atoms with E-state index >= 15 is 0 Å². The van der Waals surface area contributed by atoms with Crippen molar-refractivity contribution in [2.24, 2.45) is 0 Å². The number of benzene rings is 2. The maximum Gasteiger partial charge on any atom is 0.257 e. The van der Waals surface area contributed by atoms with E-state index in [9.17, 15) is 23.1 Å². The van der Waals surface area contributed by atoms with Gasteiger partial charge in [0.2, 0.25) is 15.9 Å². The van der Waals surface area contributed by atoms with Gasteiger partial charge in [-0.05, 0) is 42.7 Å². The second-order valence-corrected chi connectivity index (χ2v) is 10.1. The zero-order valence-electron chi connectivity index (χ0n) is 17.8. The van der Waals surface area contributed by atoms with Gasteiger partial charge in [-0.1, -0.05) is 30.3 Å². The summed E-state index contributed by atoms with van der Waals surface area (Å²) in [6.45, 7) is 1.20. The number of aromatic hydroxyl groups is 1. The first-order valence-electron chi connectivity index (χ1n) is 10.3. The molecule has 10 heteroatoms. The van der Waals surface area contributed by atoms with Crippen molar-refractivity contribution >= 4 is 33.6 Å². The third-order valence-corrected chi connectivity index (χ3v) is 7.40. The minimum absolute atomic E-state index is 0.0801. The zero-order valence-corrected chi connectivity index (χ0v) is 19.4. The number of hydrogen-bond donors (Lipinski definition) is 2. The first kappa shape index (κ1) is 24.1. The van der Waals surface area contributed by atoms with Gasteiger partial charge in [-0.3, -0.25) is 9.59 Å². The molecule has 1 fully saturated rings. The van der Waals surface area contributed by atoms with Gasteiger partial charge in [0.15, 0.2) is 0 Å². The van der Waals surface area contributed by atoms with Gasteiger partial charge >= 0.3 is 0 Å². The Morgan fingerprint density at radius 1 is 1.00 bits per heavy atom. The Hall–Kier alpha value is -2.56. The van der Waals surface area contributed by atoms with E-state index in [1.165, 1.54) is 30.0 Å². The van der Waals surface area contributed by atoms with Crippen molar-refractivity contribution in [1.29, 1.82) is 0 Å². The Bertz CT molecular complexity index is 1040. The molecule has 2 amide bonds. The van der Waals surface area contributed by atoms with Crippen molar-refractivity contribution in [2.75, 3.05) is 38.2 Å². The topological polar surface area (TPSA) is 107 Å². The van der Waals surface area contributed by atoms with Crippen LogP contribution in [0.15, 0.2) is 59.5 Å². The summed E-state index contributed by atoms with van der Waals surface area (Å²) in [5.41, 5.74) is 0.223. The van der Waals surface area contributed by atoms with Crippen LogP contribution in [0.1, 0.15) is 16.8 Å². The van der Waals surface area contributed by atoms with Gasteiger partial charge in [-0.25, -0.2) is 8.42 Å². The summed E-state index contributed by atoms with van der Waals surface area (Å²) in [5.74, 6) is -0.0463. The number of carbonyl (C=O) groups is 2. The normalized spacial score (nSPS) is 15.4. The summed E-state index contributed by atoms with van der Waals surface area (Å²) >= 11 is 1.54. The second-order valence-electron chi connectivity index (χ2n) is 7.40. The number of sulfonamides is 1. The molecule has 32 heavy (non-hydrogen) atoms. The van der Waals surface area contributed by atoms with Gasteiger partial charge in [0.25, 0.3) is 5.91 Å². The van der Waals surface area contributed by atoms with Crippen LogP contribution >= 0.6 is 11.8 Å². The first-order chi connectivity index (χ1) is 15.3. The Labute approximate surface area is 192 Å². The molecule has 1 aliphatic rings. The molecule has 0 aromatic heterocycles. The zero-order chi connectivity index (χ0) is 23.1. The molecule has 1 heterocycles.